The topological polar surface area (TPSA) is 0 Å². The van der Waals surface area contributed by atoms with Gasteiger partial charge in [0.1, 0.15) is 0 Å². The summed E-state index contributed by atoms with van der Waals surface area (Å²) in [7, 11) is 0. The van der Waals surface area contributed by atoms with E-state index in [1.807, 2.05) is 0 Å². The van der Waals surface area contributed by atoms with E-state index in [0.29, 0.717) is 10.7 Å². The van der Waals surface area contributed by atoms with E-state index >= 15 is 0 Å². The van der Waals surface area contributed by atoms with Gasteiger partial charge in [-0.15, -0.1) is 11.8 Å². The van der Waals surface area contributed by atoms with Crippen LogP contribution >= 0.6 is 47.0 Å². The Hall–Kier alpha value is 1.14. The third-order valence-electron chi connectivity index (χ3n) is 3.75. The summed E-state index contributed by atoms with van der Waals surface area (Å²) in [6.45, 7) is 11.9. The van der Waals surface area contributed by atoms with Gasteiger partial charge in [0, 0.05) is 37.8 Å². The number of allylic oxidation sites excluding steroid dienone is 2. The summed E-state index contributed by atoms with van der Waals surface area (Å²) in [5.74, 6) is 4.86. The third-order valence-corrected chi connectivity index (χ3v) is 8.44. The van der Waals surface area contributed by atoms with E-state index < -0.39 is 0 Å². The third kappa shape index (κ3) is 8.53. The monoisotopic (exact) mass is 362 g/mol. The largest absolute Gasteiger partial charge is 0.158 e. The number of hydrogen-bond donors (Lipinski definition) is 0. The number of thioether (sulfide) groups is 4. The highest BCUT2D eigenvalue weighted by Gasteiger charge is 2.31. The Bertz CT molecular complexity index is 356. The molecule has 0 amide bonds. The molecule has 4 heteroatoms. The second kappa shape index (κ2) is 8.30. The molecule has 0 bridgehead atoms. The molecule has 0 aromatic rings. The van der Waals surface area contributed by atoms with Gasteiger partial charge in [-0.05, 0) is 30.6 Å². The molecule has 0 aliphatic carbocycles. The first-order valence-electron chi connectivity index (χ1n) is 8.06. The molecule has 0 aromatic carbocycles. The van der Waals surface area contributed by atoms with Crippen LogP contribution in [0.25, 0.3) is 0 Å². The second-order valence-electron chi connectivity index (χ2n) is 7.11. The fourth-order valence-electron chi connectivity index (χ4n) is 2.74. The van der Waals surface area contributed by atoms with Crippen LogP contribution in [0.15, 0.2) is 11.0 Å². The predicted octanol–water partition coefficient (Wildman–Crippen LogP) is 6.17. The molecular weight excluding hydrogens is 332 g/mol. The lowest BCUT2D eigenvalue weighted by atomic mass is 10.1. The van der Waals surface area contributed by atoms with Gasteiger partial charge >= 0.3 is 0 Å². The summed E-state index contributed by atoms with van der Waals surface area (Å²) < 4.78 is 0.401. The van der Waals surface area contributed by atoms with Crippen LogP contribution in [0.2, 0.25) is 0 Å². The van der Waals surface area contributed by atoms with E-state index in [4.69, 9.17) is 0 Å². The van der Waals surface area contributed by atoms with Crippen LogP contribution in [-0.4, -0.2) is 37.8 Å². The second-order valence-corrected chi connectivity index (χ2v) is 13.2. The van der Waals surface area contributed by atoms with Crippen LogP contribution in [0.1, 0.15) is 47.5 Å². The standard InChI is InChI=1S/C17H30S4/c1-12(6-13(2)18-10-16-11-20-16)7-14(3)21-17(4,5)8-15-9-19-15/h7,12-13,15-16H,6,8-11H2,1-5H3/b14-7+. The van der Waals surface area contributed by atoms with Crippen LogP contribution in [0.4, 0.5) is 0 Å². The van der Waals surface area contributed by atoms with Crippen LogP contribution in [-0.2, 0) is 0 Å². The first-order chi connectivity index (χ1) is 9.84. The Morgan fingerprint density at radius 3 is 2.43 bits per heavy atom. The minimum atomic E-state index is 0.401. The van der Waals surface area contributed by atoms with Gasteiger partial charge in [-0.25, -0.2) is 0 Å². The maximum absolute atomic E-state index is 2.51. The molecule has 2 fully saturated rings. The molecule has 2 aliphatic heterocycles. The highest BCUT2D eigenvalue weighted by molar-refractivity contribution is 8.09. The minimum Gasteiger partial charge on any atom is -0.158 e. The number of rotatable bonds is 10. The lowest BCUT2D eigenvalue weighted by Crippen LogP contribution is -2.17. The minimum absolute atomic E-state index is 0.401. The zero-order valence-corrected chi connectivity index (χ0v) is 17.3. The summed E-state index contributed by atoms with van der Waals surface area (Å²) in [6.07, 6.45) is 5.18. The fraction of sp³-hybridized carbons (Fsp3) is 0.882. The Kier molecular flexibility index (Phi) is 7.30. The van der Waals surface area contributed by atoms with E-state index in [0.717, 1.165) is 15.7 Å². The molecule has 2 rings (SSSR count). The van der Waals surface area contributed by atoms with Crippen LogP contribution in [0, 0.1) is 5.92 Å². The van der Waals surface area contributed by atoms with Crippen molar-refractivity contribution >= 4 is 47.0 Å². The molecule has 0 aromatic heterocycles. The van der Waals surface area contributed by atoms with Crippen LogP contribution < -0.4 is 0 Å². The van der Waals surface area contributed by atoms with E-state index in [1.165, 1.54) is 35.0 Å². The van der Waals surface area contributed by atoms with Gasteiger partial charge in [-0.2, -0.15) is 35.3 Å². The van der Waals surface area contributed by atoms with Gasteiger partial charge in [0.15, 0.2) is 0 Å². The zero-order chi connectivity index (χ0) is 15.5. The van der Waals surface area contributed by atoms with Gasteiger partial charge in [0.25, 0.3) is 0 Å². The van der Waals surface area contributed by atoms with Crippen molar-refractivity contribution in [1.82, 2.24) is 0 Å². The van der Waals surface area contributed by atoms with Gasteiger partial charge < -0.3 is 0 Å². The molecule has 0 N–H and O–H groups in total. The quantitative estimate of drug-likeness (QED) is 0.426. The Labute approximate surface area is 148 Å². The summed E-state index contributed by atoms with van der Waals surface area (Å²) >= 11 is 8.50. The smallest absolute Gasteiger partial charge is 0.0229 e. The summed E-state index contributed by atoms with van der Waals surface area (Å²) in [5.41, 5.74) is 0. The molecule has 2 aliphatic rings. The summed E-state index contributed by atoms with van der Waals surface area (Å²) in [6, 6.07) is 0. The van der Waals surface area contributed by atoms with Crippen molar-refractivity contribution < 1.29 is 0 Å². The molecule has 2 heterocycles. The fourth-order valence-corrected chi connectivity index (χ4v) is 7.22. The molecular formula is C17H30S4. The molecule has 0 nitrogen and oxygen atoms in total. The molecule has 2 saturated heterocycles. The molecule has 4 atom stereocenters. The van der Waals surface area contributed by atoms with E-state index in [-0.39, 0.29) is 0 Å². The Morgan fingerprint density at radius 2 is 1.86 bits per heavy atom. The van der Waals surface area contributed by atoms with Crippen molar-refractivity contribution in [3.63, 3.8) is 0 Å². The van der Waals surface area contributed by atoms with E-state index in [9.17, 15) is 0 Å². The maximum Gasteiger partial charge on any atom is 0.0229 e. The normalized spacial score (nSPS) is 28.3. The zero-order valence-electron chi connectivity index (χ0n) is 14.1. The van der Waals surface area contributed by atoms with Gasteiger partial charge in [-0.1, -0.05) is 33.8 Å². The average molecular weight is 363 g/mol. The van der Waals surface area contributed by atoms with Crippen molar-refractivity contribution in [2.24, 2.45) is 5.92 Å². The maximum atomic E-state index is 2.51. The van der Waals surface area contributed by atoms with Gasteiger partial charge in [0.2, 0.25) is 0 Å². The van der Waals surface area contributed by atoms with Crippen molar-refractivity contribution in [2.75, 3.05) is 17.3 Å². The lowest BCUT2D eigenvalue weighted by Gasteiger charge is -2.24. The molecule has 4 unspecified atom stereocenters. The van der Waals surface area contributed by atoms with E-state index in [2.05, 4.69) is 87.7 Å². The Morgan fingerprint density at radius 1 is 1.24 bits per heavy atom. The van der Waals surface area contributed by atoms with E-state index in [1.54, 1.807) is 0 Å². The van der Waals surface area contributed by atoms with Gasteiger partial charge in [-0.3, -0.25) is 0 Å². The summed E-state index contributed by atoms with van der Waals surface area (Å²) in [4.78, 5) is 1.52. The molecule has 122 valence electrons. The molecule has 21 heavy (non-hydrogen) atoms. The highest BCUT2D eigenvalue weighted by atomic mass is 32.2. The lowest BCUT2D eigenvalue weighted by molar-refractivity contribution is 0.641. The van der Waals surface area contributed by atoms with Crippen LogP contribution in [0.5, 0.6) is 0 Å². The number of hydrogen-bond acceptors (Lipinski definition) is 4. The SMILES string of the molecule is C/C(=C\C(C)CC(C)SCC1CS1)SC(C)(C)CC1CS1. The molecule has 0 spiro atoms. The van der Waals surface area contributed by atoms with Crippen molar-refractivity contribution in [1.29, 1.82) is 0 Å². The molecule has 0 radical (unpaired) electrons. The predicted molar refractivity (Wildman–Crippen MR) is 108 cm³/mol. The van der Waals surface area contributed by atoms with Crippen molar-refractivity contribution in [2.45, 2.75) is 68.0 Å². The summed E-state index contributed by atoms with van der Waals surface area (Å²) in [5, 5.41) is 2.71. The van der Waals surface area contributed by atoms with Crippen molar-refractivity contribution in [3.8, 4) is 0 Å². The Balaban J connectivity index is 1.68. The van der Waals surface area contributed by atoms with Crippen molar-refractivity contribution in [3.05, 3.63) is 11.0 Å². The first-order valence-corrected chi connectivity index (χ1v) is 12.0. The molecule has 0 saturated carbocycles. The van der Waals surface area contributed by atoms with Crippen LogP contribution in [0.3, 0.4) is 0 Å². The average Bonchev–Trinajstić information content (AvgIpc) is 3.19. The van der Waals surface area contributed by atoms with Gasteiger partial charge in [0.05, 0.1) is 0 Å². The highest BCUT2D eigenvalue weighted by Crippen LogP contribution is 2.44. The first kappa shape index (κ1) is 18.5.